The lowest BCUT2D eigenvalue weighted by Crippen LogP contribution is -1.93. The highest BCUT2D eigenvalue weighted by Crippen LogP contribution is 2.28. The van der Waals surface area contributed by atoms with Crippen LogP contribution in [0.1, 0.15) is 221 Å². The smallest absolute Gasteiger partial charge is 0.0105 e. The van der Waals surface area contributed by atoms with Crippen LogP contribution in [0.4, 0.5) is 0 Å². The van der Waals surface area contributed by atoms with Crippen LogP contribution in [0.5, 0.6) is 0 Å². The molecule has 0 aliphatic rings. The number of hydrogen-bond donors (Lipinski definition) is 0. The lowest BCUT2D eigenvalue weighted by atomic mass is 9.98. The third-order valence-corrected chi connectivity index (χ3v) is 9.90. The van der Waals surface area contributed by atoms with E-state index in [0.29, 0.717) is 5.41 Å². The molecule has 0 fully saturated rings. The molecule has 0 aromatic heterocycles. The first-order valence-corrected chi connectivity index (χ1v) is 28.5. The Balaban J connectivity index is -0.000000247. The van der Waals surface area contributed by atoms with E-state index >= 15 is 0 Å². The van der Waals surface area contributed by atoms with Crippen LogP contribution in [-0.4, -0.2) is 0 Å². The topological polar surface area (TPSA) is 0 Å². The molecule has 412 valence electrons. The summed E-state index contributed by atoms with van der Waals surface area (Å²) in [6.45, 7) is 51.9. The summed E-state index contributed by atoms with van der Waals surface area (Å²) < 4.78 is 0. The zero-order chi connectivity index (χ0) is 55.9. The van der Waals surface area contributed by atoms with Crippen LogP contribution in [0, 0.1) is 43.9 Å². The molecular weight excluding hydrogens is 877 g/mol. The van der Waals surface area contributed by atoms with Gasteiger partial charge in [-0.1, -0.05) is 367 Å². The van der Waals surface area contributed by atoms with Crippen molar-refractivity contribution in [2.24, 2.45) is 23.2 Å². The Labute approximate surface area is 457 Å². The van der Waals surface area contributed by atoms with E-state index in [-0.39, 0.29) is 7.43 Å². The van der Waals surface area contributed by atoms with E-state index in [4.69, 9.17) is 0 Å². The summed E-state index contributed by atoms with van der Waals surface area (Å²) in [5.41, 5.74) is 7.07. The van der Waals surface area contributed by atoms with Crippen molar-refractivity contribution in [3.63, 3.8) is 0 Å². The van der Waals surface area contributed by atoms with Gasteiger partial charge >= 0.3 is 0 Å². The molecule has 0 N–H and O–H groups in total. The van der Waals surface area contributed by atoms with E-state index in [1.54, 1.807) is 0 Å². The number of hydrogen-bond acceptors (Lipinski definition) is 0. The summed E-state index contributed by atoms with van der Waals surface area (Å²) in [4.78, 5) is 0. The van der Waals surface area contributed by atoms with Crippen LogP contribution in [0.15, 0.2) is 152 Å². The molecule has 0 unspecified atom stereocenters. The zero-order valence-electron chi connectivity index (χ0n) is 51.8. The fourth-order valence-electron chi connectivity index (χ4n) is 5.26. The van der Waals surface area contributed by atoms with Crippen molar-refractivity contribution in [1.82, 2.24) is 0 Å². The van der Waals surface area contributed by atoms with E-state index < -0.39 is 0 Å². The molecule has 0 spiro atoms. The fraction of sp³-hybridized carbons (Fsp3) is 0.507. The van der Waals surface area contributed by atoms with E-state index in [2.05, 4.69) is 304 Å². The Morgan fingerprint density at radius 3 is 1.08 bits per heavy atom. The Hall–Kier alpha value is -4.68. The predicted molar refractivity (Wildman–Crippen MR) is 347 cm³/mol. The second-order valence-corrected chi connectivity index (χ2v) is 21.4. The van der Waals surface area contributed by atoms with Gasteiger partial charge in [-0.15, -0.1) is 0 Å². The van der Waals surface area contributed by atoms with Crippen molar-refractivity contribution in [2.75, 3.05) is 0 Å². The molecule has 0 aliphatic carbocycles. The van der Waals surface area contributed by atoms with Crippen molar-refractivity contribution in [2.45, 2.75) is 225 Å². The zero-order valence-corrected chi connectivity index (χ0v) is 51.8. The van der Waals surface area contributed by atoms with E-state index in [1.807, 2.05) is 13.8 Å². The van der Waals surface area contributed by atoms with Gasteiger partial charge in [0.05, 0.1) is 0 Å². The summed E-state index contributed by atoms with van der Waals surface area (Å²) in [6.07, 6.45) is 10.6. The monoisotopic (exact) mass is 997 g/mol. The van der Waals surface area contributed by atoms with Crippen molar-refractivity contribution >= 4 is 32.3 Å². The number of fused-ring (bicyclic) bond motifs is 3. The Morgan fingerprint density at radius 1 is 0.384 bits per heavy atom. The highest BCUT2D eigenvalue weighted by Gasteiger charge is 2.02. The lowest BCUT2D eigenvalue weighted by Gasteiger charge is -2.07. The van der Waals surface area contributed by atoms with Gasteiger partial charge in [0.15, 0.2) is 0 Å². The van der Waals surface area contributed by atoms with Crippen LogP contribution in [0.3, 0.4) is 0 Å². The maximum Gasteiger partial charge on any atom is -0.0105 e. The van der Waals surface area contributed by atoms with Gasteiger partial charge in [0.25, 0.3) is 0 Å². The second-order valence-electron chi connectivity index (χ2n) is 21.4. The molecule has 73 heavy (non-hydrogen) atoms. The summed E-state index contributed by atoms with van der Waals surface area (Å²) in [7, 11) is 0. The van der Waals surface area contributed by atoms with Crippen LogP contribution in [-0.2, 0) is 0 Å². The van der Waals surface area contributed by atoms with E-state index in [0.717, 1.165) is 17.8 Å². The highest BCUT2D eigenvalue weighted by molar-refractivity contribution is 5.96. The lowest BCUT2D eigenvalue weighted by molar-refractivity contribution is 0.469. The van der Waals surface area contributed by atoms with Crippen molar-refractivity contribution < 1.29 is 0 Å². The molecule has 0 aliphatic heterocycles. The van der Waals surface area contributed by atoms with E-state index in [1.165, 1.54) is 112 Å². The van der Waals surface area contributed by atoms with Gasteiger partial charge in [0.2, 0.25) is 0 Å². The van der Waals surface area contributed by atoms with Crippen LogP contribution in [0.2, 0.25) is 0 Å². The van der Waals surface area contributed by atoms with Crippen molar-refractivity contribution in [1.29, 1.82) is 0 Å². The molecule has 7 aromatic carbocycles. The minimum absolute atomic E-state index is 0. The third kappa shape index (κ3) is 46.8. The first-order chi connectivity index (χ1) is 34.1. The molecule has 0 nitrogen and oxygen atoms in total. The fourth-order valence-corrected chi connectivity index (χ4v) is 5.26. The Morgan fingerprint density at radius 2 is 0.712 bits per heavy atom. The molecule has 0 heterocycles. The second kappa shape index (κ2) is 50.8. The molecule has 7 rings (SSSR count). The average molecular weight is 998 g/mol. The van der Waals surface area contributed by atoms with Gasteiger partial charge in [-0.25, -0.2) is 0 Å². The van der Waals surface area contributed by atoms with Gasteiger partial charge < -0.3 is 0 Å². The Bertz CT molecular complexity index is 2170. The minimum atomic E-state index is 0. The average Bonchev–Trinajstić information content (AvgIpc) is 3.36. The van der Waals surface area contributed by atoms with Gasteiger partial charge in [0, 0.05) is 0 Å². The quantitative estimate of drug-likeness (QED) is 0.156. The summed E-state index contributed by atoms with van der Waals surface area (Å²) in [6, 6.07) is 53.4. The van der Waals surface area contributed by atoms with Crippen LogP contribution < -0.4 is 0 Å². The summed E-state index contributed by atoms with van der Waals surface area (Å²) in [5, 5.41) is 7.94. The van der Waals surface area contributed by atoms with Gasteiger partial charge in [0.1, 0.15) is 0 Å². The van der Waals surface area contributed by atoms with Crippen LogP contribution in [0.25, 0.3) is 43.4 Å². The predicted octanol–water partition coefficient (Wildman–Crippen LogP) is 26.0. The van der Waals surface area contributed by atoms with Gasteiger partial charge in [-0.2, -0.15) is 0 Å². The third-order valence-electron chi connectivity index (χ3n) is 9.90. The molecule has 0 bridgehead atoms. The number of benzene rings is 7. The Kier molecular flexibility index (Phi) is 53.8. The van der Waals surface area contributed by atoms with E-state index in [9.17, 15) is 0 Å². The largest absolute Gasteiger partial charge is 0.0776 e. The van der Waals surface area contributed by atoms with Crippen molar-refractivity contribution in [3.05, 3.63) is 168 Å². The SMILES string of the molecule is C.CC.CC(C)(C)C.CC(C)C.CCC.CCC(C)C.CCC(C)C.CCCC.CCCCC.Cc1ccc(-c2cccc3ccccc23)cc1.Cc1ccc2ccccc2c1.Cc1cccc2ccccc12. The molecule has 0 radical (unpaired) electrons. The summed E-state index contributed by atoms with van der Waals surface area (Å²) in [5.74, 6) is 2.60. The molecule has 7 aromatic rings. The van der Waals surface area contributed by atoms with Crippen molar-refractivity contribution in [3.8, 4) is 11.1 Å². The molecule has 0 heteroatoms. The number of unbranched alkanes of at least 4 members (excludes halogenated alkanes) is 3. The van der Waals surface area contributed by atoms with Crippen LogP contribution >= 0.6 is 0 Å². The molecule has 0 saturated heterocycles. The van der Waals surface area contributed by atoms with Gasteiger partial charge in [-0.3, -0.25) is 0 Å². The molecule has 0 amide bonds. The maximum atomic E-state index is 2.22. The number of rotatable bonds is 6. The normalized spacial score (nSPS) is 9.52. The standard InChI is InChI=1S/C17H14.2C11H10.4C5H12.2C4H10.C3H8.C2H6.CH4/c1-13-9-11-15(12-10-13)17-8-4-6-14-5-2-3-7-16(14)17;1-9-5-4-7-10-6-2-3-8-11(9)10;1-9-6-7-10-4-2-3-5-11(10)8-9;1-5(2,3)4;2*1-4-5(2)3;1-3-5-4-2;1-4(2)3;1-3-4-2;1-3-2;1-2;/h2-12H,1H3;2*2-8H,1H3;1-4H3;2*5H,4H2,1-3H3;3-5H2,1-2H3;4H,1-3H3;3-4H2,1-2H3;3H2,1-2H3;1-2H3;1H4. The first kappa shape index (κ1) is 77.2. The number of aryl methyl sites for hydroxylation is 3. The minimum Gasteiger partial charge on any atom is -0.0776 e. The molecular formula is C73H120. The summed E-state index contributed by atoms with van der Waals surface area (Å²) >= 11 is 0. The molecule has 0 atom stereocenters. The first-order valence-electron chi connectivity index (χ1n) is 28.5. The maximum absolute atomic E-state index is 2.22. The molecule has 0 saturated carbocycles. The highest BCUT2D eigenvalue weighted by atomic mass is 14.1. The van der Waals surface area contributed by atoms with Gasteiger partial charge in [-0.05, 0) is 92.9 Å².